The first-order chi connectivity index (χ1) is 23.8. The van der Waals surface area contributed by atoms with Crippen LogP contribution in [0.4, 0.5) is 0 Å². The van der Waals surface area contributed by atoms with Crippen LogP contribution in [-0.2, 0) is 0 Å². The van der Waals surface area contributed by atoms with Gasteiger partial charge in [-0.3, -0.25) is 0 Å². The van der Waals surface area contributed by atoms with E-state index in [1.165, 1.54) is 85.5 Å². The first kappa shape index (κ1) is 26.1. The molecule has 0 aliphatic carbocycles. The van der Waals surface area contributed by atoms with Gasteiger partial charge in [0.1, 0.15) is 11.2 Å². The summed E-state index contributed by atoms with van der Waals surface area (Å²) in [5, 5.41) is 15.3. The topological polar surface area (TPSA) is 13.1 Å². The number of rotatable bonds is 2. The first-order valence-electron chi connectivity index (χ1n) is 16.4. The van der Waals surface area contributed by atoms with Crippen molar-refractivity contribution in [2.24, 2.45) is 0 Å². The molecule has 222 valence electrons. The Hall–Kier alpha value is -5.96. The van der Waals surface area contributed by atoms with Gasteiger partial charge in [-0.15, -0.1) is 11.3 Å². The van der Waals surface area contributed by atoms with Crippen molar-refractivity contribution in [3.63, 3.8) is 0 Å². The molecule has 0 saturated carbocycles. The monoisotopic (exact) mass is 626 g/mol. The van der Waals surface area contributed by atoms with Crippen molar-refractivity contribution in [2.45, 2.75) is 0 Å². The fraction of sp³-hybridized carbons (Fsp3) is 0. The van der Waals surface area contributed by atoms with Crippen molar-refractivity contribution in [1.82, 2.24) is 0 Å². The van der Waals surface area contributed by atoms with Crippen molar-refractivity contribution in [2.75, 3.05) is 0 Å². The van der Waals surface area contributed by atoms with Gasteiger partial charge in [-0.2, -0.15) is 0 Å². The first-order valence-corrected chi connectivity index (χ1v) is 17.2. The minimum atomic E-state index is 0.918. The molecule has 2 heterocycles. The van der Waals surface area contributed by atoms with E-state index in [9.17, 15) is 0 Å². The predicted octanol–water partition coefficient (Wildman–Crippen LogP) is 13.9. The molecule has 0 unspecified atom stereocenters. The third-order valence-corrected chi connectivity index (χ3v) is 11.4. The van der Waals surface area contributed by atoms with Gasteiger partial charge in [-0.05, 0) is 84.2 Å². The van der Waals surface area contributed by atoms with E-state index in [1.807, 2.05) is 23.5 Å². The molecule has 11 rings (SSSR count). The molecule has 0 fully saturated rings. The number of hydrogen-bond donors (Lipinski definition) is 0. The molecule has 0 N–H and O–H groups in total. The third kappa shape index (κ3) is 3.55. The fourth-order valence-corrected chi connectivity index (χ4v) is 9.49. The number of thiophene rings is 1. The Morgan fingerprint density at radius 1 is 0.333 bits per heavy atom. The van der Waals surface area contributed by atoms with Gasteiger partial charge in [0.2, 0.25) is 0 Å². The lowest BCUT2D eigenvalue weighted by atomic mass is 9.85. The fourth-order valence-electron chi connectivity index (χ4n) is 8.19. The van der Waals surface area contributed by atoms with Crippen molar-refractivity contribution in [3.05, 3.63) is 158 Å². The van der Waals surface area contributed by atoms with Crippen LogP contribution in [0.3, 0.4) is 0 Å². The molecule has 0 saturated heterocycles. The maximum absolute atomic E-state index is 6.35. The van der Waals surface area contributed by atoms with E-state index in [4.69, 9.17) is 4.42 Å². The Kier molecular flexibility index (Phi) is 5.32. The molecular weight excluding hydrogens is 601 g/mol. The summed E-state index contributed by atoms with van der Waals surface area (Å²) in [5.74, 6) is 0. The van der Waals surface area contributed by atoms with Gasteiger partial charge in [0, 0.05) is 36.3 Å². The largest absolute Gasteiger partial charge is 0.456 e. The normalized spacial score (nSPS) is 12.2. The smallest absolute Gasteiger partial charge is 0.136 e. The van der Waals surface area contributed by atoms with Crippen LogP contribution in [0.2, 0.25) is 0 Å². The molecule has 0 aliphatic rings. The van der Waals surface area contributed by atoms with Gasteiger partial charge < -0.3 is 4.42 Å². The highest BCUT2D eigenvalue weighted by Gasteiger charge is 2.19. The maximum Gasteiger partial charge on any atom is 0.136 e. The highest BCUT2D eigenvalue weighted by Crippen LogP contribution is 2.48. The molecule has 0 amide bonds. The van der Waals surface area contributed by atoms with Crippen LogP contribution in [0, 0.1) is 0 Å². The molecule has 11 aromatic rings. The average Bonchev–Trinajstić information content (AvgIpc) is 3.72. The molecule has 2 aromatic heterocycles. The Balaban J connectivity index is 1.20. The molecule has 0 radical (unpaired) electrons. The molecular formula is C46H26OS. The van der Waals surface area contributed by atoms with E-state index in [2.05, 4.69) is 146 Å². The third-order valence-electron chi connectivity index (χ3n) is 10.2. The van der Waals surface area contributed by atoms with Crippen LogP contribution < -0.4 is 0 Å². The number of fused-ring (bicyclic) bond motifs is 13. The van der Waals surface area contributed by atoms with Gasteiger partial charge in [-0.25, -0.2) is 0 Å². The van der Waals surface area contributed by atoms with Gasteiger partial charge in [0.15, 0.2) is 0 Å². The molecule has 1 nitrogen and oxygen atoms in total. The summed E-state index contributed by atoms with van der Waals surface area (Å²) in [5.41, 5.74) is 6.78. The molecule has 48 heavy (non-hydrogen) atoms. The number of para-hydroxylation sites is 1. The van der Waals surface area contributed by atoms with Crippen LogP contribution in [0.1, 0.15) is 0 Å². The van der Waals surface area contributed by atoms with Crippen molar-refractivity contribution < 1.29 is 4.42 Å². The zero-order chi connectivity index (χ0) is 31.3. The van der Waals surface area contributed by atoms with Crippen LogP contribution in [0.25, 0.3) is 107 Å². The summed E-state index contributed by atoms with van der Waals surface area (Å²) in [6.45, 7) is 0. The number of benzene rings is 9. The highest BCUT2D eigenvalue weighted by molar-refractivity contribution is 7.27. The SMILES string of the molecule is c1ccc2c(c1)oc1cc(-c3c4ccccc4c(-c4ccc5c(c4)sc4c6ccccc6c6ccccc6c54)c4ccccc34)ccc12. The van der Waals surface area contributed by atoms with Crippen LogP contribution in [-0.4, -0.2) is 0 Å². The van der Waals surface area contributed by atoms with Crippen molar-refractivity contribution in [3.8, 4) is 22.3 Å². The minimum Gasteiger partial charge on any atom is -0.456 e. The second-order valence-corrected chi connectivity index (χ2v) is 13.8. The van der Waals surface area contributed by atoms with Crippen LogP contribution in [0.5, 0.6) is 0 Å². The predicted molar refractivity (Wildman–Crippen MR) is 208 cm³/mol. The Morgan fingerprint density at radius 3 is 1.44 bits per heavy atom. The molecule has 0 atom stereocenters. The van der Waals surface area contributed by atoms with E-state index in [-0.39, 0.29) is 0 Å². The number of hydrogen-bond acceptors (Lipinski definition) is 2. The summed E-state index contributed by atoms with van der Waals surface area (Å²) < 4.78 is 9.03. The quantitative estimate of drug-likeness (QED) is 0.137. The Morgan fingerprint density at radius 2 is 0.792 bits per heavy atom. The lowest BCUT2D eigenvalue weighted by molar-refractivity contribution is 0.669. The summed E-state index contributed by atoms with van der Waals surface area (Å²) in [6, 6.07) is 57.7. The molecule has 0 spiro atoms. The summed E-state index contributed by atoms with van der Waals surface area (Å²) in [7, 11) is 0. The summed E-state index contributed by atoms with van der Waals surface area (Å²) >= 11 is 1.92. The van der Waals surface area contributed by atoms with Gasteiger partial charge in [0.25, 0.3) is 0 Å². The lowest BCUT2D eigenvalue weighted by Crippen LogP contribution is -1.90. The van der Waals surface area contributed by atoms with Gasteiger partial charge in [0.05, 0.1) is 0 Å². The molecule has 2 heteroatoms. The Labute approximate surface area is 279 Å². The molecule has 9 aromatic carbocycles. The molecule has 0 aliphatic heterocycles. The standard InChI is InChI=1S/C46H26OS/c1-3-14-33-29(11-1)30-12-2-8-19-38(30)46-45(33)39-24-22-28(26-42(39)48-46)44-36-17-6-4-15-34(36)43(35-16-5-7-18-37(35)44)27-21-23-32-31-13-9-10-20-40(31)47-41(32)25-27/h1-26H. The van der Waals surface area contributed by atoms with Gasteiger partial charge in [-0.1, -0.05) is 133 Å². The van der Waals surface area contributed by atoms with E-state index >= 15 is 0 Å². The van der Waals surface area contributed by atoms with Crippen molar-refractivity contribution in [1.29, 1.82) is 0 Å². The minimum absolute atomic E-state index is 0.918. The van der Waals surface area contributed by atoms with E-state index in [0.717, 1.165) is 21.9 Å². The lowest BCUT2D eigenvalue weighted by Gasteiger charge is -2.17. The van der Waals surface area contributed by atoms with Crippen molar-refractivity contribution >= 4 is 96.5 Å². The molecule has 0 bridgehead atoms. The van der Waals surface area contributed by atoms with Crippen LogP contribution >= 0.6 is 11.3 Å². The average molecular weight is 627 g/mol. The number of furan rings is 1. The van der Waals surface area contributed by atoms with E-state index in [1.54, 1.807) is 0 Å². The second kappa shape index (κ2) is 9.78. The Bertz CT molecular complexity index is 3060. The van der Waals surface area contributed by atoms with Gasteiger partial charge >= 0.3 is 0 Å². The van der Waals surface area contributed by atoms with E-state index < -0.39 is 0 Å². The zero-order valence-electron chi connectivity index (χ0n) is 25.8. The van der Waals surface area contributed by atoms with E-state index in [0.29, 0.717) is 0 Å². The zero-order valence-corrected chi connectivity index (χ0v) is 26.6. The maximum atomic E-state index is 6.35. The summed E-state index contributed by atoms with van der Waals surface area (Å²) in [4.78, 5) is 0. The highest BCUT2D eigenvalue weighted by atomic mass is 32.1. The second-order valence-electron chi connectivity index (χ2n) is 12.8. The van der Waals surface area contributed by atoms with Crippen LogP contribution in [0.15, 0.2) is 162 Å². The summed E-state index contributed by atoms with van der Waals surface area (Å²) in [6.07, 6.45) is 0.